The predicted octanol–water partition coefficient (Wildman–Crippen LogP) is 3.53. The van der Waals surface area contributed by atoms with Gasteiger partial charge in [0, 0.05) is 24.6 Å². The Bertz CT molecular complexity index is 1040. The monoisotopic (exact) mass is 393 g/mol. The zero-order valence-electron chi connectivity index (χ0n) is 16.0. The Morgan fingerprint density at radius 3 is 2.55 bits per heavy atom. The fraction of sp³-hybridized carbons (Fsp3) is 0.238. The molecular formula is C21H19N3O5. The number of carbonyl (C=O) groups is 1. The van der Waals surface area contributed by atoms with Gasteiger partial charge in [-0.1, -0.05) is 6.08 Å². The van der Waals surface area contributed by atoms with Crippen LogP contribution in [0.4, 0.5) is 5.69 Å². The first-order chi connectivity index (χ1) is 13.9. The lowest BCUT2D eigenvalue weighted by molar-refractivity contribution is -0.384. The molecule has 0 radical (unpaired) electrons. The number of rotatable bonds is 3. The van der Waals surface area contributed by atoms with Crippen LogP contribution in [0.2, 0.25) is 0 Å². The van der Waals surface area contributed by atoms with E-state index < -0.39 is 4.92 Å². The van der Waals surface area contributed by atoms with Gasteiger partial charge in [-0.25, -0.2) is 5.01 Å². The number of nitro groups is 1. The van der Waals surface area contributed by atoms with Crippen LogP contribution >= 0.6 is 0 Å². The number of non-ortho nitro benzene ring substituents is 1. The largest absolute Gasteiger partial charge is 0.454 e. The second-order valence-corrected chi connectivity index (χ2v) is 6.95. The van der Waals surface area contributed by atoms with Crippen LogP contribution in [-0.4, -0.2) is 34.4 Å². The molecule has 0 fully saturated rings. The molecular weight excluding hydrogens is 374 g/mol. The van der Waals surface area contributed by atoms with E-state index in [4.69, 9.17) is 9.47 Å². The number of allylic oxidation sites excluding steroid dienone is 1. The number of hydrogen-bond acceptors (Lipinski definition) is 6. The molecule has 0 saturated carbocycles. The average molecular weight is 393 g/mol. The summed E-state index contributed by atoms with van der Waals surface area (Å²) >= 11 is 0. The predicted molar refractivity (Wildman–Crippen MR) is 107 cm³/mol. The third-order valence-electron chi connectivity index (χ3n) is 4.88. The molecule has 2 aliphatic heterocycles. The fourth-order valence-corrected chi connectivity index (χ4v) is 3.45. The van der Waals surface area contributed by atoms with Crippen LogP contribution in [0, 0.1) is 10.1 Å². The van der Waals surface area contributed by atoms with Crippen molar-refractivity contribution in [3.8, 4) is 11.5 Å². The van der Waals surface area contributed by atoms with Crippen molar-refractivity contribution in [2.45, 2.75) is 26.3 Å². The molecule has 1 amide bonds. The maximum absolute atomic E-state index is 12.1. The highest BCUT2D eigenvalue weighted by Crippen LogP contribution is 2.37. The zero-order valence-corrected chi connectivity index (χ0v) is 16.0. The molecule has 4 rings (SSSR count). The molecule has 0 bridgehead atoms. The summed E-state index contributed by atoms with van der Waals surface area (Å²) in [5.41, 5.74) is 3.30. The van der Waals surface area contributed by atoms with E-state index in [1.165, 1.54) is 24.1 Å². The lowest BCUT2D eigenvalue weighted by Gasteiger charge is -2.21. The summed E-state index contributed by atoms with van der Waals surface area (Å²) in [6, 6.07) is 9.93. The Morgan fingerprint density at radius 1 is 1.21 bits per heavy atom. The third-order valence-corrected chi connectivity index (χ3v) is 4.88. The SMILES string of the molecule is CC(=O)N1N=C(C=Cc2ccc([N+](=O)[O-])cc2)c2cc3c(cc2CC1C)OCO3. The lowest BCUT2D eigenvalue weighted by atomic mass is 9.97. The lowest BCUT2D eigenvalue weighted by Crippen LogP contribution is -2.33. The second kappa shape index (κ2) is 7.38. The van der Waals surface area contributed by atoms with E-state index in [9.17, 15) is 14.9 Å². The topological polar surface area (TPSA) is 94.3 Å². The zero-order chi connectivity index (χ0) is 20.5. The molecule has 0 N–H and O–H groups in total. The summed E-state index contributed by atoms with van der Waals surface area (Å²) in [4.78, 5) is 22.5. The van der Waals surface area contributed by atoms with Gasteiger partial charge in [-0.15, -0.1) is 0 Å². The minimum absolute atomic E-state index is 0.0311. The number of nitrogens with zero attached hydrogens (tertiary/aromatic N) is 3. The van der Waals surface area contributed by atoms with Gasteiger partial charge in [0.2, 0.25) is 12.7 Å². The van der Waals surface area contributed by atoms with Crippen LogP contribution in [-0.2, 0) is 11.2 Å². The van der Waals surface area contributed by atoms with E-state index in [1.807, 2.05) is 25.1 Å². The van der Waals surface area contributed by atoms with Crippen molar-refractivity contribution < 1.29 is 19.2 Å². The van der Waals surface area contributed by atoms with Gasteiger partial charge in [0.15, 0.2) is 11.5 Å². The van der Waals surface area contributed by atoms with E-state index in [0.717, 1.165) is 16.7 Å². The van der Waals surface area contributed by atoms with Gasteiger partial charge in [-0.05, 0) is 54.8 Å². The molecule has 2 aromatic rings. The molecule has 0 aromatic heterocycles. The molecule has 0 saturated heterocycles. The minimum atomic E-state index is -0.437. The van der Waals surface area contributed by atoms with Crippen molar-refractivity contribution in [1.82, 2.24) is 5.01 Å². The van der Waals surface area contributed by atoms with Gasteiger partial charge in [0.25, 0.3) is 5.69 Å². The van der Waals surface area contributed by atoms with Gasteiger partial charge >= 0.3 is 0 Å². The van der Waals surface area contributed by atoms with E-state index in [2.05, 4.69) is 5.10 Å². The van der Waals surface area contributed by atoms with Crippen LogP contribution in [0.25, 0.3) is 6.08 Å². The normalized spacial score (nSPS) is 17.7. The van der Waals surface area contributed by atoms with Gasteiger partial charge in [0.1, 0.15) is 0 Å². The van der Waals surface area contributed by atoms with Gasteiger partial charge in [-0.2, -0.15) is 5.10 Å². The van der Waals surface area contributed by atoms with Crippen molar-refractivity contribution in [1.29, 1.82) is 0 Å². The number of ether oxygens (including phenoxy) is 2. The fourth-order valence-electron chi connectivity index (χ4n) is 3.45. The summed E-state index contributed by atoms with van der Waals surface area (Å²) in [5, 5.41) is 16.9. The molecule has 29 heavy (non-hydrogen) atoms. The summed E-state index contributed by atoms with van der Waals surface area (Å²) < 4.78 is 11.0. The number of amides is 1. The van der Waals surface area contributed by atoms with Crippen molar-refractivity contribution in [2.24, 2.45) is 5.10 Å². The quantitative estimate of drug-likeness (QED) is 0.587. The Balaban J connectivity index is 1.75. The summed E-state index contributed by atoms with van der Waals surface area (Å²) in [6.07, 6.45) is 4.24. The van der Waals surface area contributed by atoms with Gasteiger partial charge < -0.3 is 9.47 Å². The minimum Gasteiger partial charge on any atom is -0.454 e. The van der Waals surface area contributed by atoms with Crippen LogP contribution in [0.5, 0.6) is 11.5 Å². The number of fused-ring (bicyclic) bond motifs is 2. The highest BCUT2D eigenvalue weighted by atomic mass is 16.7. The van der Waals surface area contributed by atoms with E-state index in [1.54, 1.807) is 18.2 Å². The second-order valence-electron chi connectivity index (χ2n) is 6.95. The van der Waals surface area contributed by atoms with Crippen LogP contribution < -0.4 is 9.47 Å². The number of hydrazone groups is 1. The molecule has 8 nitrogen and oxygen atoms in total. The first-order valence-corrected chi connectivity index (χ1v) is 9.16. The van der Waals surface area contributed by atoms with Crippen molar-refractivity contribution in [3.05, 3.63) is 69.3 Å². The highest BCUT2D eigenvalue weighted by molar-refractivity contribution is 6.12. The van der Waals surface area contributed by atoms with Crippen molar-refractivity contribution in [3.63, 3.8) is 0 Å². The molecule has 8 heteroatoms. The molecule has 2 aromatic carbocycles. The maximum atomic E-state index is 12.1. The van der Waals surface area contributed by atoms with E-state index in [-0.39, 0.29) is 24.4 Å². The van der Waals surface area contributed by atoms with Gasteiger partial charge in [0.05, 0.1) is 16.7 Å². The standard InChI is InChI=1S/C21H19N3O5/c1-13-9-16-10-20-21(29-12-28-20)11-18(16)19(22-23(13)14(2)25)8-5-15-3-6-17(7-4-15)24(26)27/h3-8,10-11,13H,9,12H2,1-2H3. The first kappa shape index (κ1) is 18.7. The highest BCUT2D eigenvalue weighted by Gasteiger charge is 2.27. The molecule has 0 aliphatic carbocycles. The Labute approximate surface area is 167 Å². The maximum Gasteiger partial charge on any atom is 0.269 e. The van der Waals surface area contributed by atoms with Crippen molar-refractivity contribution >= 4 is 23.4 Å². The average Bonchev–Trinajstić information content (AvgIpc) is 3.09. The van der Waals surface area contributed by atoms with Crippen LogP contribution in [0.3, 0.4) is 0 Å². The molecule has 2 heterocycles. The van der Waals surface area contributed by atoms with E-state index >= 15 is 0 Å². The van der Waals surface area contributed by atoms with Gasteiger partial charge in [-0.3, -0.25) is 14.9 Å². The Hall–Kier alpha value is -3.68. The third kappa shape index (κ3) is 3.69. The molecule has 0 spiro atoms. The molecule has 148 valence electrons. The summed E-state index contributed by atoms with van der Waals surface area (Å²) in [6.45, 7) is 3.61. The van der Waals surface area contributed by atoms with E-state index in [0.29, 0.717) is 23.6 Å². The first-order valence-electron chi connectivity index (χ1n) is 9.16. The number of nitro benzene ring substituents is 1. The molecule has 1 unspecified atom stereocenters. The molecule has 2 aliphatic rings. The number of carbonyl (C=O) groups excluding carboxylic acids is 1. The summed E-state index contributed by atoms with van der Waals surface area (Å²) in [5.74, 6) is 1.18. The Kier molecular flexibility index (Phi) is 4.75. The summed E-state index contributed by atoms with van der Waals surface area (Å²) in [7, 11) is 0. The number of benzene rings is 2. The Morgan fingerprint density at radius 2 is 1.90 bits per heavy atom. The number of hydrogen-bond donors (Lipinski definition) is 0. The van der Waals surface area contributed by atoms with Crippen LogP contribution in [0.1, 0.15) is 30.5 Å². The smallest absolute Gasteiger partial charge is 0.269 e. The molecule has 1 atom stereocenters. The van der Waals surface area contributed by atoms with Crippen molar-refractivity contribution in [2.75, 3.05) is 6.79 Å². The van der Waals surface area contributed by atoms with Crippen LogP contribution in [0.15, 0.2) is 47.6 Å².